The van der Waals surface area contributed by atoms with Gasteiger partial charge in [0.05, 0.1) is 6.07 Å². The molecule has 0 aliphatic carbocycles. The van der Waals surface area contributed by atoms with Crippen LogP contribution in [0.15, 0.2) is 0 Å². The zero-order chi connectivity index (χ0) is 12.4. The quantitative estimate of drug-likeness (QED) is 0.565. The van der Waals surface area contributed by atoms with E-state index in [-0.39, 0.29) is 5.78 Å². The highest BCUT2D eigenvalue weighted by atomic mass is 16.1. The van der Waals surface area contributed by atoms with Gasteiger partial charge in [0.1, 0.15) is 5.78 Å². The van der Waals surface area contributed by atoms with E-state index in [0.717, 1.165) is 32.5 Å². The molecule has 0 aromatic carbocycles. The summed E-state index contributed by atoms with van der Waals surface area (Å²) >= 11 is 0. The maximum absolute atomic E-state index is 10.8. The molecule has 92 valence electrons. The van der Waals surface area contributed by atoms with Gasteiger partial charge in [0, 0.05) is 25.9 Å². The lowest BCUT2D eigenvalue weighted by Crippen LogP contribution is -2.29. The highest BCUT2D eigenvalue weighted by Crippen LogP contribution is 2.04. The van der Waals surface area contributed by atoms with Crippen molar-refractivity contribution in [1.29, 1.82) is 5.26 Å². The number of carbonyl (C=O) groups is 1. The molecule has 0 saturated heterocycles. The maximum atomic E-state index is 10.8. The van der Waals surface area contributed by atoms with E-state index in [2.05, 4.69) is 24.8 Å². The number of rotatable bonds is 9. The minimum absolute atomic E-state index is 0.271. The second-order valence-corrected chi connectivity index (χ2v) is 4.76. The van der Waals surface area contributed by atoms with Gasteiger partial charge in [-0.1, -0.05) is 13.8 Å². The highest BCUT2D eigenvalue weighted by Gasteiger charge is 2.06. The lowest BCUT2D eigenvalue weighted by molar-refractivity contribution is -0.117. The molecule has 0 saturated carbocycles. The Kier molecular flexibility index (Phi) is 8.84. The fourth-order valence-electron chi connectivity index (χ4n) is 1.73. The smallest absolute Gasteiger partial charge is 0.129 e. The Morgan fingerprint density at radius 2 is 2.00 bits per heavy atom. The fourth-order valence-corrected chi connectivity index (χ4v) is 1.73. The van der Waals surface area contributed by atoms with Crippen LogP contribution in [0.1, 0.15) is 46.5 Å². The minimum Gasteiger partial charge on any atom is -0.302 e. The van der Waals surface area contributed by atoms with Crippen molar-refractivity contribution < 1.29 is 4.79 Å². The molecule has 3 nitrogen and oxygen atoms in total. The van der Waals surface area contributed by atoms with Gasteiger partial charge in [0.2, 0.25) is 0 Å². The SMILES string of the molecule is CC(=O)CCCCN(CCC#N)CC(C)C. The third-order valence-corrected chi connectivity index (χ3v) is 2.42. The summed E-state index contributed by atoms with van der Waals surface area (Å²) in [5.74, 6) is 0.902. The normalized spacial score (nSPS) is 10.8. The predicted octanol–water partition coefficient (Wildman–Crippen LogP) is 2.62. The standard InChI is InChI=1S/C13H24N2O/c1-12(2)11-15(10-6-8-14)9-5-4-7-13(3)16/h12H,4-7,9-11H2,1-3H3. The van der Waals surface area contributed by atoms with Crippen molar-refractivity contribution >= 4 is 5.78 Å². The van der Waals surface area contributed by atoms with Crippen LogP contribution in [0, 0.1) is 17.2 Å². The second kappa shape index (κ2) is 9.35. The average Bonchev–Trinajstić information content (AvgIpc) is 2.19. The first kappa shape index (κ1) is 15.1. The topological polar surface area (TPSA) is 44.1 Å². The molecular formula is C13H24N2O. The molecule has 0 aromatic rings. The van der Waals surface area contributed by atoms with Crippen molar-refractivity contribution in [3.05, 3.63) is 0 Å². The fraction of sp³-hybridized carbons (Fsp3) is 0.846. The summed E-state index contributed by atoms with van der Waals surface area (Å²) in [4.78, 5) is 13.1. The largest absolute Gasteiger partial charge is 0.302 e. The van der Waals surface area contributed by atoms with Crippen LogP contribution in [0.25, 0.3) is 0 Å². The van der Waals surface area contributed by atoms with E-state index < -0.39 is 0 Å². The molecule has 0 N–H and O–H groups in total. The Balaban J connectivity index is 3.73. The van der Waals surface area contributed by atoms with Crippen LogP contribution in [-0.2, 0) is 4.79 Å². The average molecular weight is 224 g/mol. The molecular weight excluding hydrogens is 200 g/mol. The number of Topliss-reactive ketones (excluding diaryl/α,β-unsaturated/α-hetero) is 1. The summed E-state index contributed by atoms with van der Waals surface area (Å²) in [5.41, 5.74) is 0. The first-order valence-electron chi connectivity index (χ1n) is 6.15. The number of hydrogen-bond donors (Lipinski definition) is 0. The first-order chi connectivity index (χ1) is 7.56. The van der Waals surface area contributed by atoms with E-state index in [4.69, 9.17) is 5.26 Å². The van der Waals surface area contributed by atoms with Crippen LogP contribution in [-0.4, -0.2) is 30.3 Å². The van der Waals surface area contributed by atoms with Crippen molar-refractivity contribution in [2.24, 2.45) is 5.92 Å². The van der Waals surface area contributed by atoms with Crippen molar-refractivity contribution in [3.8, 4) is 6.07 Å². The minimum atomic E-state index is 0.271. The van der Waals surface area contributed by atoms with E-state index in [0.29, 0.717) is 18.8 Å². The monoisotopic (exact) mass is 224 g/mol. The Bertz CT molecular complexity index is 231. The van der Waals surface area contributed by atoms with Crippen molar-refractivity contribution in [1.82, 2.24) is 4.90 Å². The molecule has 0 aliphatic heterocycles. The van der Waals surface area contributed by atoms with Crippen molar-refractivity contribution in [2.45, 2.75) is 46.5 Å². The molecule has 0 bridgehead atoms. The third-order valence-electron chi connectivity index (χ3n) is 2.42. The van der Waals surface area contributed by atoms with Crippen LogP contribution < -0.4 is 0 Å². The summed E-state index contributed by atoms with van der Waals surface area (Å²) in [6.45, 7) is 8.93. The van der Waals surface area contributed by atoms with E-state index >= 15 is 0 Å². The maximum Gasteiger partial charge on any atom is 0.129 e. The van der Waals surface area contributed by atoms with Crippen molar-refractivity contribution in [2.75, 3.05) is 19.6 Å². The summed E-state index contributed by atoms with van der Waals surface area (Å²) in [6, 6.07) is 2.18. The lowest BCUT2D eigenvalue weighted by atomic mass is 10.1. The van der Waals surface area contributed by atoms with E-state index in [1.165, 1.54) is 0 Å². The summed E-state index contributed by atoms with van der Waals surface area (Å²) in [5, 5.41) is 8.57. The van der Waals surface area contributed by atoms with Crippen LogP contribution in [0.2, 0.25) is 0 Å². The summed E-state index contributed by atoms with van der Waals surface area (Å²) in [6.07, 6.45) is 3.31. The molecule has 0 fully saturated rings. The van der Waals surface area contributed by atoms with Gasteiger partial charge in [0.25, 0.3) is 0 Å². The van der Waals surface area contributed by atoms with Gasteiger partial charge < -0.3 is 9.69 Å². The zero-order valence-corrected chi connectivity index (χ0v) is 10.8. The molecule has 0 aromatic heterocycles. The molecule has 0 amide bonds. The highest BCUT2D eigenvalue weighted by molar-refractivity contribution is 5.75. The predicted molar refractivity (Wildman–Crippen MR) is 66.0 cm³/mol. The zero-order valence-electron chi connectivity index (χ0n) is 10.8. The number of unbranched alkanes of at least 4 members (excludes halogenated alkanes) is 1. The van der Waals surface area contributed by atoms with Gasteiger partial charge in [-0.3, -0.25) is 0 Å². The Labute approximate surface area is 99.4 Å². The summed E-state index contributed by atoms with van der Waals surface area (Å²) in [7, 11) is 0. The number of nitriles is 1. The third kappa shape index (κ3) is 9.67. The number of carbonyl (C=O) groups excluding carboxylic acids is 1. The number of ketones is 1. The number of nitrogens with zero attached hydrogens (tertiary/aromatic N) is 2. The van der Waals surface area contributed by atoms with Crippen LogP contribution in [0.5, 0.6) is 0 Å². The summed E-state index contributed by atoms with van der Waals surface area (Å²) < 4.78 is 0. The molecule has 0 heterocycles. The van der Waals surface area contributed by atoms with E-state index in [9.17, 15) is 4.79 Å². The van der Waals surface area contributed by atoms with Gasteiger partial charge >= 0.3 is 0 Å². The van der Waals surface area contributed by atoms with Gasteiger partial charge in [-0.15, -0.1) is 0 Å². The van der Waals surface area contributed by atoms with E-state index in [1.807, 2.05) is 0 Å². The molecule has 16 heavy (non-hydrogen) atoms. The Morgan fingerprint density at radius 3 is 2.50 bits per heavy atom. The Morgan fingerprint density at radius 1 is 1.31 bits per heavy atom. The van der Waals surface area contributed by atoms with Crippen LogP contribution in [0.4, 0.5) is 0 Å². The van der Waals surface area contributed by atoms with Gasteiger partial charge in [-0.25, -0.2) is 0 Å². The molecule has 0 radical (unpaired) electrons. The molecule has 3 heteroatoms. The molecule has 0 aliphatic rings. The van der Waals surface area contributed by atoms with Crippen LogP contribution in [0.3, 0.4) is 0 Å². The molecule has 0 unspecified atom stereocenters. The second-order valence-electron chi connectivity index (χ2n) is 4.76. The molecule has 0 atom stereocenters. The van der Waals surface area contributed by atoms with Gasteiger partial charge in [-0.2, -0.15) is 5.26 Å². The van der Waals surface area contributed by atoms with Crippen LogP contribution >= 0.6 is 0 Å². The molecule has 0 rings (SSSR count). The van der Waals surface area contributed by atoms with Gasteiger partial charge in [-0.05, 0) is 32.2 Å². The van der Waals surface area contributed by atoms with Crippen molar-refractivity contribution in [3.63, 3.8) is 0 Å². The lowest BCUT2D eigenvalue weighted by Gasteiger charge is -2.22. The number of hydrogen-bond acceptors (Lipinski definition) is 3. The first-order valence-corrected chi connectivity index (χ1v) is 6.15. The molecule has 0 spiro atoms. The van der Waals surface area contributed by atoms with Gasteiger partial charge in [0.15, 0.2) is 0 Å². The van der Waals surface area contributed by atoms with E-state index in [1.54, 1.807) is 6.92 Å². The Hall–Kier alpha value is -0.880.